The molecule has 0 saturated heterocycles. The van der Waals surface area contributed by atoms with Crippen molar-refractivity contribution in [1.29, 1.82) is 0 Å². The first-order chi connectivity index (χ1) is 20.3. The fourth-order valence-electron chi connectivity index (χ4n) is 6.90. The minimum absolute atomic E-state index is 0.315. The molecule has 0 fully saturated rings. The number of aromatic nitrogens is 2. The second-order valence-corrected chi connectivity index (χ2v) is 10.8. The van der Waals surface area contributed by atoms with Crippen LogP contribution in [0, 0.1) is 0 Å². The molecule has 0 bridgehead atoms. The lowest BCUT2D eigenvalue weighted by atomic mass is 10.0. The molecule has 1 aliphatic rings. The van der Waals surface area contributed by atoms with Crippen molar-refractivity contribution in [3.05, 3.63) is 137 Å². The Morgan fingerprint density at radius 3 is 2.02 bits per heavy atom. The summed E-state index contributed by atoms with van der Waals surface area (Å²) in [6.07, 6.45) is 6.68. The summed E-state index contributed by atoms with van der Waals surface area (Å²) >= 11 is 0. The van der Waals surface area contributed by atoms with Gasteiger partial charge in [0.15, 0.2) is 0 Å². The standard InChI is InChI=1S/C37H24N2O2/c40-37-30-22-21-28-27-11-3-7-15-33(27)39(36(28)35(30)29-12-4-8-16-34(29)41-37)24-19-17-23(18-20-24)38-31-13-5-1-9-25(31)26-10-2-6-14-32(26)38/h1,3-9,11-22H,2,10H2. The molecule has 8 aromatic rings. The van der Waals surface area contributed by atoms with Crippen LogP contribution in [0.25, 0.3) is 71.9 Å². The molecule has 1 aliphatic carbocycles. The number of benzene rings is 5. The van der Waals surface area contributed by atoms with E-state index in [9.17, 15) is 4.79 Å². The Balaban J connectivity index is 1.35. The third-order valence-corrected chi connectivity index (χ3v) is 8.64. The van der Waals surface area contributed by atoms with Crippen molar-refractivity contribution in [2.24, 2.45) is 0 Å². The first-order valence-corrected chi connectivity index (χ1v) is 14.1. The maximum absolute atomic E-state index is 13.1. The van der Waals surface area contributed by atoms with Crippen LogP contribution in [0.5, 0.6) is 0 Å². The van der Waals surface area contributed by atoms with E-state index in [0.717, 1.165) is 56.8 Å². The van der Waals surface area contributed by atoms with Gasteiger partial charge in [0, 0.05) is 44.0 Å². The molecule has 3 aromatic heterocycles. The van der Waals surface area contributed by atoms with Gasteiger partial charge >= 0.3 is 5.63 Å². The summed E-state index contributed by atoms with van der Waals surface area (Å²) in [5.74, 6) is 0. The van der Waals surface area contributed by atoms with E-state index in [1.54, 1.807) is 0 Å². The molecule has 0 atom stereocenters. The summed E-state index contributed by atoms with van der Waals surface area (Å²) in [7, 11) is 0. The van der Waals surface area contributed by atoms with E-state index in [2.05, 4.69) is 100 Å². The van der Waals surface area contributed by atoms with Crippen molar-refractivity contribution in [3.8, 4) is 11.4 Å². The van der Waals surface area contributed by atoms with E-state index >= 15 is 0 Å². The van der Waals surface area contributed by atoms with Crippen molar-refractivity contribution in [3.63, 3.8) is 0 Å². The summed E-state index contributed by atoms with van der Waals surface area (Å²) < 4.78 is 10.4. The molecular formula is C37H24N2O2. The smallest absolute Gasteiger partial charge is 0.344 e. The van der Waals surface area contributed by atoms with Crippen molar-refractivity contribution in [1.82, 2.24) is 9.13 Å². The minimum Gasteiger partial charge on any atom is -0.422 e. The molecule has 9 rings (SSSR count). The summed E-state index contributed by atoms with van der Waals surface area (Å²) in [6, 6.07) is 37.8. The van der Waals surface area contributed by atoms with Crippen molar-refractivity contribution in [2.75, 3.05) is 0 Å². The highest BCUT2D eigenvalue weighted by Gasteiger charge is 2.20. The zero-order valence-corrected chi connectivity index (χ0v) is 22.2. The monoisotopic (exact) mass is 528 g/mol. The molecule has 194 valence electrons. The van der Waals surface area contributed by atoms with Crippen molar-refractivity contribution >= 4 is 60.5 Å². The van der Waals surface area contributed by atoms with Gasteiger partial charge in [0.2, 0.25) is 0 Å². The van der Waals surface area contributed by atoms with Crippen LogP contribution in [0.1, 0.15) is 17.7 Å². The van der Waals surface area contributed by atoms with Gasteiger partial charge in [-0.2, -0.15) is 0 Å². The van der Waals surface area contributed by atoms with Crippen molar-refractivity contribution in [2.45, 2.75) is 12.8 Å². The Kier molecular flexibility index (Phi) is 4.56. The highest BCUT2D eigenvalue weighted by Crippen LogP contribution is 2.39. The van der Waals surface area contributed by atoms with Gasteiger partial charge in [-0.1, -0.05) is 66.7 Å². The van der Waals surface area contributed by atoms with Crippen LogP contribution in [-0.4, -0.2) is 9.13 Å². The molecule has 0 N–H and O–H groups in total. The number of fused-ring (bicyclic) bond motifs is 10. The molecule has 0 spiro atoms. The van der Waals surface area contributed by atoms with Crippen LogP contribution in [0.2, 0.25) is 0 Å². The third-order valence-electron chi connectivity index (χ3n) is 8.64. The molecule has 0 amide bonds. The summed E-state index contributed by atoms with van der Waals surface area (Å²) in [4.78, 5) is 13.1. The molecule has 3 heterocycles. The van der Waals surface area contributed by atoms with Crippen LogP contribution in [0.15, 0.2) is 124 Å². The number of nitrogens with zero attached hydrogens (tertiary/aromatic N) is 2. The fourth-order valence-corrected chi connectivity index (χ4v) is 6.90. The maximum Gasteiger partial charge on any atom is 0.344 e. The van der Waals surface area contributed by atoms with Gasteiger partial charge in [-0.3, -0.25) is 0 Å². The van der Waals surface area contributed by atoms with Crippen LogP contribution < -0.4 is 5.63 Å². The molecule has 41 heavy (non-hydrogen) atoms. The quantitative estimate of drug-likeness (QED) is 0.166. The van der Waals surface area contributed by atoms with Crippen LogP contribution in [-0.2, 0) is 6.42 Å². The molecule has 0 radical (unpaired) electrons. The predicted octanol–water partition coefficient (Wildman–Crippen LogP) is 8.95. The fraction of sp³-hybridized carbons (Fsp3) is 0.0541. The van der Waals surface area contributed by atoms with Crippen LogP contribution in [0.4, 0.5) is 0 Å². The lowest BCUT2D eigenvalue weighted by Gasteiger charge is -2.14. The van der Waals surface area contributed by atoms with Gasteiger partial charge in [-0.15, -0.1) is 0 Å². The second-order valence-electron chi connectivity index (χ2n) is 10.8. The third kappa shape index (κ3) is 3.07. The zero-order valence-electron chi connectivity index (χ0n) is 22.2. The Hall–Kier alpha value is -5.35. The second kappa shape index (κ2) is 8.33. The maximum atomic E-state index is 13.1. The molecule has 0 unspecified atom stereocenters. The van der Waals surface area contributed by atoms with Gasteiger partial charge < -0.3 is 13.6 Å². The molecule has 4 nitrogen and oxygen atoms in total. The van der Waals surface area contributed by atoms with E-state index in [1.165, 1.54) is 22.2 Å². The summed E-state index contributed by atoms with van der Waals surface area (Å²) in [6.45, 7) is 0. The normalized spacial score (nSPS) is 13.2. The highest BCUT2D eigenvalue weighted by molar-refractivity contribution is 6.24. The highest BCUT2D eigenvalue weighted by atomic mass is 16.4. The Morgan fingerprint density at radius 2 is 1.22 bits per heavy atom. The minimum atomic E-state index is -0.315. The van der Waals surface area contributed by atoms with Gasteiger partial charge in [0.05, 0.1) is 21.9 Å². The zero-order chi connectivity index (χ0) is 27.1. The van der Waals surface area contributed by atoms with Crippen molar-refractivity contribution < 1.29 is 4.42 Å². The van der Waals surface area contributed by atoms with Gasteiger partial charge in [-0.25, -0.2) is 4.79 Å². The van der Waals surface area contributed by atoms with E-state index in [-0.39, 0.29) is 5.63 Å². The SMILES string of the molecule is O=c1oc2ccccc2c2c1ccc1c3ccccc3n(-c3ccc(-n4c5c(c6ccccc64)CCC=C5)cc3)c12. The summed E-state index contributed by atoms with van der Waals surface area (Å²) in [5.41, 5.74) is 8.52. The van der Waals surface area contributed by atoms with Gasteiger partial charge in [0.25, 0.3) is 0 Å². The molecule has 5 aromatic carbocycles. The first kappa shape index (κ1) is 22.5. The molecule has 0 aliphatic heterocycles. The average molecular weight is 529 g/mol. The Bertz CT molecular complexity index is 2440. The molecule has 0 saturated carbocycles. The molecular weight excluding hydrogens is 504 g/mol. The topological polar surface area (TPSA) is 40.1 Å². The van der Waals surface area contributed by atoms with E-state index < -0.39 is 0 Å². The lowest BCUT2D eigenvalue weighted by Crippen LogP contribution is -2.03. The predicted molar refractivity (Wildman–Crippen MR) is 169 cm³/mol. The van der Waals surface area contributed by atoms with Gasteiger partial charge in [-0.05, 0) is 73.0 Å². The van der Waals surface area contributed by atoms with E-state index in [1.807, 2.05) is 30.3 Å². The number of allylic oxidation sites excluding steroid dienone is 1. The number of rotatable bonds is 2. The van der Waals surface area contributed by atoms with Crippen LogP contribution in [0.3, 0.4) is 0 Å². The van der Waals surface area contributed by atoms with Gasteiger partial charge in [0.1, 0.15) is 5.58 Å². The number of aryl methyl sites for hydroxylation is 1. The number of hydrogen-bond donors (Lipinski definition) is 0. The number of hydrogen-bond acceptors (Lipinski definition) is 2. The van der Waals surface area contributed by atoms with Crippen LogP contribution >= 0.6 is 0 Å². The first-order valence-electron chi connectivity index (χ1n) is 14.1. The average Bonchev–Trinajstić information content (AvgIpc) is 3.54. The number of para-hydroxylation sites is 3. The summed E-state index contributed by atoms with van der Waals surface area (Å²) in [5, 5.41) is 6.05. The Labute approximate surface area is 235 Å². The largest absolute Gasteiger partial charge is 0.422 e. The Morgan fingerprint density at radius 1 is 0.585 bits per heavy atom. The van der Waals surface area contributed by atoms with E-state index in [0.29, 0.717) is 11.0 Å². The van der Waals surface area contributed by atoms with E-state index in [4.69, 9.17) is 4.42 Å². The lowest BCUT2D eigenvalue weighted by molar-refractivity contribution is 0.570. The molecule has 4 heteroatoms.